The molecule has 1 aromatic carbocycles. The van der Waals surface area contributed by atoms with Crippen molar-refractivity contribution in [1.82, 2.24) is 15.2 Å². The highest BCUT2D eigenvalue weighted by atomic mass is 16.6. The predicted octanol–water partition coefficient (Wildman–Crippen LogP) is 3.05. The molecule has 5 nitrogen and oxygen atoms in total. The fourth-order valence-electron chi connectivity index (χ4n) is 2.75. The fourth-order valence-corrected chi connectivity index (χ4v) is 2.75. The minimum absolute atomic E-state index is 0.133. The number of nitrogens with zero attached hydrogens (tertiary/aromatic N) is 1. The molecule has 22 heavy (non-hydrogen) atoms. The van der Waals surface area contributed by atoms with Gasteiger partial charge in [-0.3, -0.25) is 0 Å². The Labute approximate surface area is 130 Å². The van der Waals surface area contributed by atoms with Gasteiger partial charge in [0.15, 0.2) is 0 Å². The SMILES string of the molecule is CC(C)(C)OC(=O)N1CCNC(c2ccc3cc[nH]c3c2)C1. The first-order valence-electron chi connectivity index (χ1n) is 7.71. The summed E-state index contributed by atoms with van der Waals surface area (Å²) in [5.41, 5.74) is 1.84. The van der Waals surface area contributed by atoms with Gasteiger partial charge in [0.1, 0.15) is 5.60 Å². The zero-order valence-corrected chi connectivity index (χ0v) is 13.3. The summed E-state index contributed by atoms with van der Waals surface area (Å²) in [4.78, 5) is 17.2. The number of rotatable bonds is 1. The lowest BCUT2D eigenvalue weighted by molar-refractivity contribution is 0.0195. The van der Waals surface area contributed by atoms with Gasteiger partial charge in [0, 0.05) is 31.3 Å². The first kappa shape index (κ1) is 14.9. The largest absolute Gasteiger partial charge is 0.444 e. The number of ether oxygens (including phenoxy) is 1. The molecule has 1 fully saturated rings. The molecular formula is C17H23N3O2. The molecule has 0 bridgehead atoms. The van der Waals surface area contributed by atoms with Crippen LogP contribution in [0.25, 0.3) is 10.9 Å². The molecule has 0 saturated carbocycles. The van der Waals surface area contributed by atoms with E-state index in [-0.39, 0.29) is 12.1 Å². The van der Waals surface area contributed by atoms with Crippen LogP contribution in [0.1, 0.15) is 32.4 Å². The van der Waals surface area contributed by atoms with Crippen LogP contribution in [0.2, 0.25) is 0 Å². The van der Waals surface area contributed by atoms with E-state index >= 15 is 0 Å². The van der Waals surface area contributed by atoms with Gasteiger partial charge in [0.05, 0.1) is 6.04 Å². The molecular weight excluding hydrogens is 278 g/mol. The standard InChI is InChI=1S/C17H23N3O2/c1-17(2,3)22-16(21)20-9-8-19-15(11-20)13-5-4-12-6-7-18-14(12)10-13/h4-7,10,15,18-19H,8-9,11H2,1-3H3. The molecule has 2 heterocycles. The molecule has 5 heteroatoms. The molecule has 2 N–H and O–H groups in total. The highest BCUT2D eigenvalue weighted by Gasteiger charge is 2.28. The van der Waals surface area contributed by atoms with Crippen LogP contribution in [0.4, 0.5) is 4.79 Å². The van der Waals surface area contributed by atoms with Gasteiger partial charge in [-0.05, 0) is 43.9 Å². The Morgan fingerprint density at radius 1 is 1.32 bits per heavy atom. The smallest absolute Gasteiger partial charge is 0.410 e. The lowest BCUT2D eigenvalue weighted by Crippen LogP contribution is -2.49. The zero-order valence-electron chi connectivity index (χ0n) is 13.3. The second-order valence-electron chi connectivity index (χ2n) is 6.76. The Morgan fingerprint density at radius 3 is 2.91 bits per heavy atom. The first-order valence-corrected chi connectivity index (χ1v) is 7.71. The van der Waals surface area contributed by atoms with Crippen molar-refractivity contribution < 1.29 is 9.53 Å². The molecule has 0 radical (unpaired) electrons. The van der Waals surface area contributed by atoms with Gasteiger partial charge < -0.3 is 19.9 Å². The van der Waals surface area contributed by atoms with Crippen molar-refractivity contribution >= 4 is 17.0 Å². The molecule has 1 amide bonds. The maximum atomic E-state index is 12.2. The predicted molar refractivity (Wildman–Crippen MR) is 86.8 cm³/mol. The van der Waals surface area contributed by atoms with Crippen LogP contribution in [0, 0.1) is 0 Å². The van der Waals surface area contributed by atoms with E-state index in [1.165, 1.54) is 10.9 Å². The number of nitrogens with one attached hydrogen (secondary N) is 2. The van der Waals surface area contributed by atoms with Crippen molar-refractivity contribution in [3.05, 3.63) is 36.0 Å². The van der Waals surface area contributed by atoms with Crippen molar-refractivity contribution in [2.45, 2.75) is 32.4 Å². The molecule has 1 atom stereocenters. The molecule has 1 saturated heterocycles. The second-order valence-corrected chi connectivity index (χ2v) is 6.76. The van der Waals surface area contributed by atoms with E-state index < -0.39 is 5.60 Å². The molecule has 118 valence electrons. The number of aromatic nitrogens is 1. The molecule has 1 unspecified atom stereocenters. The van der Waals surface area contributed by atoms with Crippen molar-refractivity contribution in [3.8, 4) is 0 Å². The number of carbonyl (C=O) groups excluding carboxylic acids is 1. The monoisotopic (exact) mass is 301 g/mol. The Hall–Kier alpha value is -2.01. The number of aromatic amines is 1. The third kappa shape index (κ3) is 3.25. The normalized spacial score (nSPS) is 19.4. The van der Waals surface area contributed by atoms with Gasteiger partial charge in [-0.15, -0.1) is 0 Å². The van der Waals surface area contributed by atoms with E-state index in [0.29, 0.717) is 13.1 Å². The highest BCUT2D eigenvalue weighted by molar-refractivity contribution is 5.80. The van der Waals surface area contributed by atoms with E-state index in [9.17, 15) is 4.79 Å². The number of carbonyl (C=O) groups is 1. The molecule has 1 aliphatic rings. The maximum absolute atomic E-state index is 12.2. The van der Waals surface area contributed by atoms with Crippen LogP contribution < -0.4 is 5.32 Å². The summed E-state index contributed by atoms with van der Waals surface area (Å²) in [7, 11) is 0. The lowest BCUT2D eigenvalue weighted by atomic mass is 10.0. The summed E-state index contributed by atoms with van der Waals surface area (Å²) in [6.45, 7) is 7.75. The van der Waals surface area contributed by atoms with E-state index in [0.717, 1.165) is 12.1 Å². The maximum Gasteiger partial charge on any atom is 0.410 e. The van der Waals surface area contributed by atoms with Crippen LogP contribution >= 0.6 is 0 Å². The van der Waals surface area contributed by atoms with E-state index in [4.69, 9.17) is 4.74 Å². The summed E-state index contributed by atoms with van der Waals surface area (Å²) < 4.78 is 5.47. The van der Waals surface area contributed by atoms with Crippen molar-refractivity contribution in [2.75, 3.05) is 19.6 Å². The summed E-state index contributed by atoms with van der Waals surface area (Å²) in [5.74, 6) is 0. The average Bonchev–Trinajstić information content (AvgIpc) is 2.93. The molecule has 2 aromatic rings. The summed E-state index contributed by atoms with van der Waals surface area (Å²) in [6, 6.07) is 8.56. The van der Waals surface area contributed by atoms with Crippen molar-refractivity contribution in [1.29, 1.82) is 0 Å². The van der Waals surface area contributed by atoms with E-state index in [2.05, 4.69) is 34.6 Å². The van der Waals surface area contributed by atoms with Gasteiger partial charge in [-0.2, -0.15) is 0 Å². The molecule has 0 spiro atoms. The molecule has 0 aliphatic carbocycles. The number of hydrogen-bond acceptors (Lipinski definition) is 3. The third-order valence-corrected chi connectivity index (χ3v) is 3.81. The van der Waals surface area contributed by atoms with Gasteiger partial charge in [-0.1, -0.05) is 12.1 Å². The first-order chi connectivity index (χ1) is 10.4. The Kier molecular flexibility index (Phi) is 3.83. The average molecular weight is 301 g/mol. The van der Waals surface area contributed by atoms with E-state index in [1.54, 1.807) is 4.90 Å². The van der Waals surface area contributed by atoms with Gasteiger partial charge in [0.2, 0.25) is 0 Å². The number of hydrogen-bond donors (Lipinski definition) is 2. The fraction of sp³-hybridized carbons (Fsp3) is 0.471. The summed E-state index contributed by atoms with van der Waals surface area (Å²) >= 11 is 0. The number of H-pyrrole nitrogens is 1. The highest BCUT2D eigenvalue weighted by Crippen LogP contribution is 2.23. The van der Waals surface area contributed by atoms with Gasteiger partial charge >= 0.3 is 6.09 Å². The topological polar surface area (TPSA) is 57.4 Å². The van der Waals surface area contributed by atoms with Crippen LogP contribution in [0.3, 0.4) is 0 Å². The number of amides is 1. The van der Waals surface area contributed by atoms with Crippen molar-refractivity contribution in [3.63, 3.8) is 0 Å². The zero-order chi connectivity index (χ0) is 15.7. The minimum Gasteiger partial charge on any atom is -0.444 e. The quantitative estimate of drug-likeness (QED) is 0.851. The van der Waals surface area contributed by atoms with Gasteiger partial charge in [0.25, 0.3) is 0 Å². The Balaban J connectivity index is 1.73. The molecule has 1 aliphatic heterocycles. The number of piperazine rings is 1. The van der Waals surface area contributed by atoms with Crippen LogP contribution in [-0.4, -0.2) is 41.2 Å². The van der Waals surface area contributed by atoms with Gasteiger partial charge in [-0.25, -0.2) is 4.79 Å². The lowest BCUT2D eigenvalue weighted by Gasteiger charge is -2.35. The van der Waals surface area contributed by atoms with Crippen molar-refractivity contribution in [2.24, 2.45) is 0 Å². The Morgan fingerprint density at radius 2 is 2.14 bits per heavy atom. The molecule has 1 aromatic heterocycles. The molecule has 3 rings (SSSR count). The van der Waals surface area contributed by atoms with Crippen LogP contribution in [0.15, 0.2) is 30.5 Å². The van der Waals surface area contributed by atoms with Crippen LogP contribution in [-0.2, 0) is 4.74 Å². The second kappa shape index (κ2) is 5.65. The number of fused-ring (bicyclic) bond motifs is 1. The van der Waals surface area contributed by atoms with Crippen LogP contribution in [0.5, 0.6) is 0 Å². The summed E-state index contributed by atoms with van der Waals surface area (Å²) in [6.07, 6.45) is 1.70. The Bertz CT molecular complexity index is 672. The minimum atomic E-state index is -0.458. The van der Waals surface area contributed by atoms with E-state index in [1.807, 2.05) is 27.0 Å². The summed E-state index contributed by atoms with van der Waals surface area (Å²) in [5, 5.41) is 4.67. The third-order valence-electron chi connectivity index (χ3n) is 3.81. The number of benzene rings is 1.